The lowest BCUT2D eigenvalue weighted by molar-refractivity contribution is 0.167. The van der Waals surface area contributed by atoms with Crippen molar-refractivity contribution in [3.05, 3.63) is 0 Å². The molecule has 1 saturated carbocycles. The lowest BCUT2D eigenvalue weighted by atomic mass is 9.69. The van der Waals surface area contributed by atoms with Crippen LogP contribution in [0.5, 0.6) is 0 Å². The summed E-state index contributed by atoms with van der Waals surface area (Å²) in [5.74, 6) is 0.964. The van der Waals surface area contributed by atoms with Gasteiger partial charge in [0.15, 0.2) is 0 Å². The van der Waals surface area contributed by atoms with E-state index in [1.165, 1.54) is 56.7 Å². The van der Waals surface area contributed by atoms with E-state index in [1.54, 1.807) is 0 Å². The summed E-state index contributed by atoms with van der Waals surface area (Å²) in [5.41, 5.74) is 0.662. The first-order chi connectivity index (χ1) is 6.76. The number of hydrogen-bond donors (Lipinski definition) is 0. The van der Waals surface area contributed by atoms with E-state index >= 15 is 0 Å². The Morgan fingerprint density at radius 3 is 2.07 bits per heavy atom. The van der Waals surface area contributed by atoms with Crippen molar-refractivity contribution in [2.24, 2.45) is 11.3 Å². The molecule has 0 atom stereocenters. The first-order valence-electron chi connectivity index (χ1n) is 6.32. The summed E-state index contributed by atoms with van der Waals surface area (Å²) in [6, 6.07) is 0. The van der Waals surface area contributed by atoms with E-state index in [4.69, 9.17) is 0 Å². The Kier molecular flexibility index (Phi) is 5.51. The van der Waals surface area contributed by atoms with Crippen molar-refractivity contribution < 1.29 is 0 Å². The average Bonchev–Trinajstić information content (AvgIpc) is 2.27. The van der Waals surface area contributed by atoms with Crippen LogP contribution < -0.4 is 0 Å². The SMILES string of the molecule is CCC(CC)CC1(CBr)CCCCC1. The van der Waals surface area contributed by atoms with Gasteiger partial charge in [0.25, 0.3) is 0 Å². The van der Waals surface area contributed by atoms with Crippen molar-refractivity contribution in [2.45, 2.75) is 65.2 Å². The molecule has 0 nitrogen and oxygen atoms in total. The molecule has 0 aromatic carbocycles. The van der Waals surface area contributed by atoms with Gasteiger partial charge < -0.3 is 0 Å². The van der Waals surface area contributed by atoms with Crippen LogP contribution in [0.1, 0.15) is 65.2 Å². The van der Waals surface area contributed by atoms with E-state index in [9.17, 15) is 0 Å². The van der Waals surface area contributed by atoms with Gasteiger partial charge in [-0.05, 0) is 30.6 Å². The Morgan fingerprint density at radius 1 is 1.07 bits per heavy atom. The highest BCUT2D eigenvalue weighted by molar-refractivity contribution is 9.09. The molecule has 0 aromatic rings. The summed E-state index contributed by atoms with van der Waals surface area (Å²) in [6.07, 6.45) is 11.5. The maximum Gasteiger partial charge on any atom is 0.00880 e. The standard InChI is InChI=1S/C13H25Br/c1-3-12(4-2)10-13(11-14)8-6-5-7-9-13/h12H,3-11H2,1-2H3. The van der Waals surface area contributed by atoms with Crippen molar-refractivity contribution >= 4 is 15.9 Å². The number of rotatable bonds is 5. The molecule has 0 heterocycles. The van der Waals surface area contributed by atoms with Gasteiger partial charge in [-0.1, -0.05) is 61.9 Å². The van der Waals surface area contributed by atoms with Gasteiger partial charge in [0, 0.05) is 5.33 Å². The monoisotopic (exact) mass is 260 g/mol. The predicted octanol–water partition coefficient (Wildman–Crippen LogP) is 5.16. The summed E-state index contributed by atoms with van der Waals surface area (Å²) in [6.45, 7) is 4.69. The molecule has 1 fully saturated rings. The second-order valence-electron chi connectivity index (χ2n) is 5.08. The third kappa shape index (κ3) is 3.25. The van der Waals surface area contributed by atoms with Gasteiger partial charge >= 0.3 is 0 Å². The molecular formula is C13H25Br. The normalized spacial score (nSPS) is 21.4. The molecule has 0 radical (unpaired) electrons. The summed E-state index contributed by atoms with van der Waals surface area (Å²) < 4.78 is 0. The highest BCUT2D eigenvalue weighted by Gasteiger charge is 2.32. The van der Waals surface area contributed by atoms with Gasteiger partial charge in [0.2, 0.25) is 0 Å². The summed E-state index contributed by atoms with van der Waals surface area (Å²) in [4.78, 5) is 0. The number of hydrogen-bond acceptors (Lipinski definition) is 0. The maximum absolute atomic E-state index is 3.75. The summed E-state index contributed by atoms with van der Waals surface area (Å²) in [7, 11) is 0. The molecule has 1 heteroatoms. The van der Waals surface area contributed by atoms with Crippen molar-refractivity contribution in [1.82, 2.24) is 0 Å². The molecule has 0 saturated heterocycles. The molecule has 84 valence electrons. The molecule has 0 amide bonds. The van der Waals surface area contributed by atoms with Crippen LogP contribution in [-0.2, 0) is 0 Å². The topological polar surface area (TPSA) is 0 Å². The van der Waals surface area contributed by atoms with Crippen LogP contribution in [0, 0.1) is 11.3 Å². The molecule has 1 aliphatic carbocycles. The van der Waals surface area contributed by atoms with Crippen molar-refractivity contribution in [2.75, 3.05) is 5.33 Å². The maximum atomic E-state index is 3.75. The minimum Gasteiger partial charge on any atom is -0.0922 e. The van der Waals surface area contributed by atoms with Gasteiger partial charge in [0.05, 0.1) is 0 Å². The van der Waals surface area contributed by atoms with Crippen LogP contribution in [0.15, 0.2) is 0 Å². The third-order valence-corrected chi connectivity index (χ3v) is 5.26. The minimum absolute atomic E-state index is 0.662. The Balaban J connectivity index is 2.50. The van der Waals surface area contributed by atoms with E-state index in [1.807, 2.05) is 0 Å². The van der Waals surface area contributed by atoms with Gasteiger partial charge in [0.1, 0.15) is 0 Å². The third-order valence-electron chi connectivity index (χ3n) is 4.07. The van der Waals surface area contributed by atoms with Gasteiger partial charge in [-0.2, -0.15) is 0 Å². The fraction of sp³-hybridized carbons (Fsp3) is 1.00. The lowest BCUT2D eigenvalue weighted by Gasteiger charge is -2.38. The highest BCUT2D eigenvalue weighted by Crippen LogP contribution is 2.43. The highest BCUT2D eigenvalue weighted by atomic mass is 79.9. The summed E-state index contributed by atoms with van der Waals surface area (Å²) >= 11 is 3.75. The molecule has 0 aliphatic heterocycles. The van der Waals surface area contributed by atoms with E-state index < -0.39 is 0 Å². The molecule has 0 spiro atoms. The van der Waals surface area contributed by atoms with Crippen LogP contribution in [0.3, 0.4) is 0 Å². The lowest BCUT2D eigenvalue weighted by Crippen LogP contribution is -2.28. The average molecular weight is 261 g/mol. The number of alkyl halides is 1. The second kappa shape index (κ2) is 6.15. The Hall–Kier alpha value is 0.480. The molecule has 0 N–H and O–H groups in total. The summed E-state index contributed by atoms with van der Waals surface area (Å²) in [5, 5.41) is 1.23. The molecular weight excluding hydrogens is 236 g/mol. The van der Waals surface area contributed by atoms with Crippen molar-refractivity contribution in [3.63, 3.8) is 0 Å². The molecule has 0 aromatic heterocycles. The van der Waals surface area contributed by atoms with Crippen LogP contribution >= 0.6 is 15.9 Å². The zero-order chi connectivity index (χ0) is 10.4. The van der Waals surface area contributed by atoms with Gasteiger partial charge in [-0.15, -0.1) is 0 Å². The van der Waals surface area contributed by atoms with E-state index in [0.717, 1.165) is 5.92 Å². The molecule has 1 rings (SSSR count). The van der Waals surface area contributed by atoms with E-state index in [-0.39, 0.29) is 0 Å². The fourth-order valence-corrected chi connectivity index (χ4v) is 3.67. The van der Waals surface area contributed by atoms with Crippen molar-refractivity contribution in [1.29, 1.82) is 0 Å². The van der Waals surface area contributed by atoms with E-state index in [0.29, 0.717) is 5.41 Å². The Morgan fingerprint density at radius 2 is 1.64 bits per heavy atom. The van der Waals surface area contributed by atoms with Gasteiger partial charge in [-0.3, -0.25) is 0 Å². The minimum atomic E-state index is 0.662. The quantitative estimate of drug-likeness (QED) is 0.600. The van der Waals surface area contributed by atoms with Crippen LogP contribution in [0.25, 0.3) is 0 Å². The van der Waals surface area contributed by atoms with E-state index in [2.05, 4.69) is 29.8 Å². The van der Waals surface area contributed by atoms with Gasteiger partial charge in [-0.25, -0.2) is 0 Å². The fourth-order valence-electron chi connectivity index (χ4n) is 2.88. The van der Waals surface area contributed by atoms with Crippen molar-refractivity contribution in [3.8, 4) is 0 Å². The smallest absolute Gasteiger partial charge is 0.00880 e. The molecule has 0 bridgehead atoms. The Bertz CT molecular complexity index is 143. The molecule has 1 aliphatic rings. The molecule has 14 heavy (non-hydrogen) atoms. The van der Waals surface area contributed by atoms with Crippen LogP contribution in [0.2, 0.25) is 0 Å². The molecule has 0 unspecified atom stereocenters. The Labute approximate surface area is 98.0 Å². The first-order valence-corrected chi connectivity index (χ1v) is 7.44. The largest absolute Gasteiger partial charge is 0.0922 e. The first kappa shape index (κ1) is 12.5. The van der Waals surface area contributed by atoms with Crippen LogP contribution in [0.4, 0.5) is 0 Å². The zero-order valence-electron chi connectivity index (χ0n) is 9.82. The zero-order valence-corrected chi connectivity index (χ0v) is 11.4. The predicted molar refractivity (Wildman–Crippen MR) is 68.0 cm³/mol. The second-order valence-corrected chi connectivity index (χ2v) is 5.64. The van der Waals surface area contributed by atoms with Crippen LogP contribution in [-0.4, -0.2) is 5.33 Å². The number of halogens is 1.